The molecule has 1 heterocycles. The van der Waals surface area contributed by atoms with Gasteiger partial charge < -0.3 is 20.1 Å². The number of ether oxygens (including phenoxy) is 2. The summed E-state index contributed by atoms with van der Waals surface area (Å²) in [5.74, 6) is 2.00. The lowest BCUT2D eigenvalue weighted by Gasteiger charge is -2.38. The molecule has 0 saturated carbocycles. The molecule has 0 radical (unpaired) electrons. The molecule has 4 heteroatoms. The Hall–Kier alpha value is -1.26. The van der Waals surface area contributed by atoms with Gasteiger partial charge in [-0.3, -0.25) is 0 Å². The number of hydrogen-bond donors (Lipinski definition) is 1. The molecule has 22 heavy (non-hydrogen) atoms. The highest BCUT2D eigenvalue weighted by molar-refractivity contribution is 5.44. The van der Waals surface area contributed by atoms with Crippen LogP contribution in [-0.4, -0.2) is 44.3 Å². The third-order valence-electron chi connectivity index (χ3n) is 4.54. The van der Waals surface area contributed by atoms with E-state index in [9.17, 15) is 0 Å². The van der Waals surface area contributed by atoms with Crippen molar-refractivity contribution in [3.05, 3.63) is 23.8 Å². The van der Waals surface area contributed by atoms with E-state index in [2.05, 4.69) is 24.1 Å². The summed E-state index contributed by atoms with van der Waals surface area (Å²) in [7, 11) is 2.21. The van der Waals surface area contributed by atoms with Gasteiger partial charge in [-0.05, 0) is 58.0 Å². The summed E-state index contributed by atoms with van der Waals surface area (Å²) in [4.78, 5) is 2.46. The Morgan fingerprint density at radius 1 is 1.18 bits per heavy atom. The van der Waals surface area contributed by atoms with Gasteiger partial charge in [-0.15, -0.1) is 0 Å². The molecule has 0 spiro atoms. The van der Waals surface area contributed by atoms with E-state index in [-0.39, 0.29) is 0 Å². The Kier molecular flexibility index (Phi) is 6.52. The summed E-state index contributed by atoms with van der Waals surface area (Å²) in [6, 6.07) is 6.81. The maximum Gasteiger partial charge on any atom is 0.161 e. The van der Waals surface area contributed by atoms with Crippen molar-refractivity contribution in [2.75, 3.05) is 33.4 Å². The van der Waals surface area contributed by atoms with Gasteiger partial charge in [-0.1, -0.05) is 12.5 Å². The van der Waals surface area contributed by atoms with E-state index in [1.54, 1.807) is 0 Å². The molecule has 2 unspecified atom stereocenters. The fourth-order valence-electron chi connectivity index (χ4n) is 3.42. The molecule has 1 aromatic rings. The SMILES string of the molecule is CCOc1ccc(C(CN)C2CCCCN2C)cc1OCC. The summed E-state index contributed by atoms with van der Waals surface area (Å²) in [5.41, 5.74) is 7.38. The van der Waals surface area contributed by atoms with E-state index in [4.69, 9.17) is 15.2 Å². The van der Waals surface area contributed by atoms with Crippen LogP contribution < -0.4 is 15.2 Å². The highest BCUT2D eigenvalue weighted by atomic mass is 16.5. The topological polar surface area (TPSA) is 47.7 Å². The molecule has 2 N–H and O–H groups in total. The van der Waals surface area contributed by atoms with Gasteiger partial charge in [0.05, 0.1) is 13.2 Å². The minimum Gasteiger partial charge on any atom is -0.490 e. The standard InChI is InChI=1S/C18H30N2O2/c1-4-21-17-10-9-14(12-18(17)22-5-2)15(13-19)16-8-6-7-11-20(16)3/h9-10,12,15-16H,4-8,11,13,19H2,1-3H3. The maximum atomic E-state index is 6.12. The average molecular weight is 306 g/mol. The number of piperidine rings is 1. The van der Waals surface area contributed by atoms with E-state index >= 15 is 0 Å². The smallest absolute Gasteiger partial charge is 0.161 e. The molecule has 1 fully saturated rings. The zero-order chi connectivity index (χ0) is 15.9. The van der Waals surface area contributed by atoms with Gasteiger partial charge >= 0.3 is 0 Å². The Labute approximate surface area is 134 Å². The molecule has 2 atom stereocenters. The first-order chi connectivity index (χ1) is 10.7. The number of likely N-dealkylation sites (tertiary alicyclic amines) is 1. The van der Waals surface area contributed by atoms with E-state index < -0.39 is 0 Å². The van der Waals surface area contributed by atoms with Crippen LogP contribution in [0.4, 0.5) is 0 Å². The van der Waals surface area contributed by atoms with Crippen LogP contribution in [0.15, 0.2) is 18.2 Å². The van der Waals surface area contributed by atoms with E-state index in [0.29, 0.717) is 31.7 Å². The minimum absolute atomic E-state index is 0.347. The number of benzene rings is 1. The summed E-state index contributed by atoms with van der Waals surface area (Å²) < 4.78 is 11.4. The van der Waals surface area contributed by atoms with Crippen molar-refractivity contribution in [2.24, 2.45) is 5.73 Å². The van der Waals surface area contributed by atoms with Crippen LogP contribution in [0.5, 0.6) is 11.5 Å². The third kappa shape index (κ3) is 3.93. The van der Waals surface area contributed by atoms with Crippen molar-refractivity contribution < 1.29 is 9.47 Å². The summed E-state index contributed by atoms with van der Waals surface area (Å²) in [6.07, 6.45) is 3.80. The fraction of sp³-hybridized carbons (Fsp3) is 0.667. The molecule has 1 saturated heterocycles. The van der Waals surface area contributed by atoms with Gasteiger partial charge in [-0.25, -0.2) is 0 Å². The van der Waals surface area contributed by atoms with Gasteiger partial charge in [0.15, 0.2) is 11.5 Å². The highest BCUT2D eigenvalue weighted by Crippen LogP contribution is 2.35. The molecular formula is C18H30N2O2. The van der Waals surface area contributed by atoms with Crippen molar-refractivity contribution in [1.29, 1.82) is 0 Å². The zero-order valence-corrected chi connectivity index (χ0v) is 14.2. The van der Waals surface area contributed by atoms with Gasteiger partial charge in [0.25, 0.3) is 0 Å². The van der Waals surface area contributed by atoms with Crippen LogP contribution in [-0.2, 0) is 0 Å². The van der Waals surface area contributed by atoms with Crippen LogP contribution in [0, 0.1) is 0 Å². The Morgan fingerprint density at radius 3 is 2.55 bits per heavy atom. The third-order valence-corrected chi connectivity index (χ3v) is 4.54. The van der Waals surface area contributed by atoms with Crippen LogP contribution in [0.1, 0.15) is 44.6 Å². The van der Waals surface area contributed by atoms with Crippen molar-refractivity contribution in [2.45, 2.75) is 45.1 Å². The predicted octanol–water partition coefficient (Wildman–Crippen LogP) is 3.01. The zero-order valence-electron chi connectivity index (χ0n) is 14.2. The molecule has 4 nitrogen and oxygen atoms in total. The first-order valence-electron chi connectivity index (χ1n) is 8.51. The van der Waals surface area contributed by atoms with Crippen LogP contribution in [0.25, 0.3) is 0 Å². The normalized spacial score (nSPS) is 20.6. The fourth-order valence-corrected chi connectivity index (χ4v) is 3.42. The van der Waals surface area contributed by atoms with Gasteiger partial charge in [0.1, 0.15) is 0 Å². The largest absolute Gasteiger partial charge is 0.490 e. The van der Waals surface area contributed by atoms with Crippen LogP contribution >= 0.6 is 0 Å². The Bertz CT molecular complexity index is 464. The summed E-state index contributed by atoms with van der Waals surface area (Å²) >= 11 is 0. The second kappa shape index (κ2) is 8.39. The quantitative estimate of drug-likeness (QED) is 0.841. The molecule has 1 aromatic carbocycles. The van der Waals surface area contributed by atoms with Crippen molar-refractivity contribution in [3.63, 3.8) is 0 Å². The Morgan fingerprint density at radius 2 is 1.91 bits per heavy atom. The monoisotopic (exact) mass is 306 g/mol. The molecule has 0 bridgehead atoms. The first-order valence-corrected chi connectivity index (χ1v) is 8.51. The molecule has 0 aliphatic carbocycles. The summed E-state index contributed by atoms with van der Waals surface area (Å²) in [5, 5.41) is 0. The lowest BCUT2D eigenvalue weighted by molar-refractivity contribution is 0.160. The number of hydrogen-bond acceptors (Lipinski definition) is 4. The average Bonchev–Trinajstić information content (AvgIpc) is 2.52. The molecule has 0 aromatic heterocycles. The Balaban J connectivity index is 2.26. The minimum atomic E-state index is 0.347. The highest BCUT2D eigenvalue weighted by Gasteiger charge is 2.28. The van der Waals surface area contributed by atoms with Gasteiger partial charge in [0.2, 0.25) is 0 Å². The number of nitrogens with zero attached hydrogens (tertiary/aromatic N) is 1. The van der Waals surface area contributed by atoms with Crippen molar-refractivity contribution in [3.8, 4) is 11.5 Å². The lowest BCUT2D eigenvalue weighted by atomic mass is 9.85. The van der Waals surface area contributed by atoms with E-state index in [1.165, 1.54) is 24.8 Å². The lowest BCUT2D eigenvalue weighted by Crippen LogP contribution is -2.42. The summed E-state index contributed by atoms with van der Waals surface area (Å²) in [6.45, 7) is 7.09. The predicted molar refractivity (Wildman–Crippen MR) is 90.8 cm³/mol. The van der Waals surface area contributed by atoms with E-state index in [1.807, 2.05) is 19.9 Å². The number of likely N-dealkylation sites (N-methyl/N-ethyl adjacent to an activating group) is 1. The second-order valence-corrected chi connectivity index (χ2v) is 5.96. The number of nitrogens with two attached hydrogens (primary N) is 1. The van der Waals surface area contributed by atoms with E-state index in [0.717, 1.165) is 18.0 Å². The van der Waals surface area contributed by atoms with Crippen LogP contribution in [0.3, 0.4) is 0 Å². The van der Waals surface area contributed by atoms with Gasteiger partial charge in [0, 0.05) is 18.5 Å². The molecule has 124 valence electrons. The molecule has 2 rings (SSSR count). The molecule has 1 aliphatic heterocycles. The van der Waals surface area contributed by atoms with Crippen molar-refractivity contribution in [1.82, 2.24) is 4.90 Å². The van der Waals surface area contributed by atoms with Crippen LogP contribution in [0.2, 0.25) is 0 Å². The first kappa shape index (κ1) is 17.1. The molecular weight excluding hydrogens is 276 g/mol. The second-order valence-electron chi connectivity index (χ2n) is 5.96. The maximum absolute atomic E-state index is 6.12. The molecule has 1 aliphatic rings. The molecule has 0 amide bonds. The number of rotatable bonds is 7. The van der Waals surface area contributed by atoms with Gasteiger partial charge in [-0.2, -0.15) is 0 Å². The van der Waals surface area contributed by atoms with Crippen molar-refractivity contribution >= 4 is 0 Å².